The highest BCUT2D eigenvalue weighted by atomic mass is 16.3. The van der Waals surface area contributed by atoms with E-state index in [1.165, 1.54) is 0 Å². The molecule has 0 bridgehead atoms. The Hall–Kier alpha value is -0.0800. The van der Waals surface area contributed by atoms with Gasteiger partial charge in [0.2, 0.25) is 0 Å². The van der Waals surface area contributed by atoms with E-state index in [1.807, 2.05) is 27.7 Å². The standard InChI is InChI=1S/C8H19NO/c1-5(2)8(10)6(3)7(4)9/h5-8,10H,9H2,1-4H3/t6-,7-,8-/m0/s1. The van der Waals surface area contributed by atoms with Crippen LogP contribution in [0.4, 0.5) is 0 Å². The fourth-order valence-electron chi connectivity index (χ4n) is 0.918. The molecule has 0 fully saturated rings. The zero-order valence-electron chi connectivity index (χ0n) is 7.33. The molecule has 2 heteroatoms. The van der Waals surface area contributed by atoms with Gasteiger partial charge in [-0.15, -0.1) is 0 Å². The van der Waals surface area contributed by atoms with Crippen LogP contribution in [0.3, 0.4) is 0 Å². The van der Waals surface area contributed by atoms with Crippen LogP contribution in [0.1, 0.15) is 27.7 Å². The smallest absolute Gasteiger partial charge is 0.0603 e. The Morgan fingerprint density at radius 2 is 1.50 bits per heavy atom. The number of hydrogen-bond acceptors (Lipinski definition) is 2. The van der Waals surface area contributed by atoms with Crippen LogP contribution >= 0.6 is 0 Å². The number of aliphatic hydroxyl groups excluding tert-OH is 1. The quantitative estimate of drug-likeness (QED) is 0.622. The molecule has 0 spiro atoms. The van der Waals surface area contributed by atoms with Gasteiger partial charge in [0, 0.05) is 6.04 Å². The van der Waals surface area contributed by atoms with Crippen molar-refractivity contribution in [2.75, 3.05) is 0 Å². The molecule has 0 aromatic rings. The number of hydrogen-bond donors (Lipinski definition) is 2. The lowest BCUT2D eigenvalue weighted by molar-refractivity contribution is 0.0632. The van der Waals surface area contributed by atoms with Gasteiger partial charge in [0.05, 0.1) is 6.10 Å². The molecule has 0 radical (unpaired) electrons. The second-order valence-corrected chi connectivity index (χ2v) is 3.45. The van der Waals surface area contributed by atoms with E-state index in [-0.39, 0.29) is 18.1 Å². The second kappa shape index (κ2) is 3.94. The topological polar surface area (TPSA) is 46.2 Å². The molecule has 2 nitrogen and oxygen atoms in total. The highest BCUT2D eigenvalue weighted by Crippen LogP contribution is 2.14. The van der Waals surface area contributed by atoms with Crippen molar-refractivity contribution in [2.45, 2.75) is 39.8 Å². The SMILES string of the molecule is CC(C)[C@H](O)[C@@H](C)[C@H](C)N. The third-order valence-electron chi connectivity index (χ3n) is 2.05. The molecule has 3 N–H and O–H groups in total. The van der Waals surface area contributed by atoms with Crippen molar-refractivity contribution in [3.8, 4) is 0 Å². The summed E-state index contributed by atoms with van der Waals surface area (Å²) in [6.07, 6.45) is -0.264. The maximum atomic E-state index is 9.49. The first-order chi connectivity index (χ1) is 4.46. The zero-order valence-corrected chi connectivity index (χ0v) is 7.33. The summed E-state index contributed by atoms with van der Waals surface area (Å²) in [5.74, 6) is 0.501. The van der Waals surface area contributed by atoms with E-state index < -0.39 is 0 Å². The van der Waals surface area contributed by atoms with E-state index in [0.29, 0.717) is 5.92 Å². The van der Waals surface area contributed by atoms with Crippen molar-refractivity contribution in [3.05, 3.63) is 0 Å². The van der Waals surface area contributed by atoms with Gasteiger partial charge in [-0.3, -0.25) is 0 Å². The number of nitrogens with two attached hydrogens (primary N) is 1. The number of rotatable bonds is 3. The van der Waals surface area contributed by atoms with Gasteiger partial charge in [-0.25, -0.2) is 0 Å². The van der Waals surface area contributed by atoms with Crippen LogP contribution in [0.5, 0.6) is 0 Å². The molecule has 0 aromatic carbocycles. The van der Waals surface area contributed by atoms with Gasteiger partial charge in [-0.2, -0.15) is 0 Å². The van der Waals surface area contributed by atoms with Gasteiger partial charge in [0.1, 0.15) is 0 Å². The molecule has 3 atom stereocenters. The lowest BCUT2D eigenvalue weighted by Gasteiger charge is -2.24. The Morgan fingerprint density at radius 3 is 1.60 bits per heavy atom. The lowest BCUT2D eigenvalue weighted by Crippen LogP contribution is -2.36. The summed E-state index contributed by atoms with van der Waals surface area (Å²) in [4.78, 5) is 0. The average molecular weight is 145 g/mol. The van der Waals surface area contributed by atoms with Crippen molar-refractivity contribution in [1.29, 1.82) is 0 Å². The monoisotopic (exact) mass is 145 g/mol. The van der Waals surface area contributed by atoms with Crippen molar-refractivity contribution in [3.63, 3.8) is 0 Å². The summed E-state index contributed by atoms with van der Waals surface area (Å²) in [7, 11) is 0. The van der Waals surface area contributed by atoms with Gasteiger partial charge < -0.3 is 10.8 Å². The minimum absolute atomic E-state index is 0.0809. The van der Waals surface area contributed by atoms with Gasteiger partial charge in [0.15, 0.2) is 0 Å². The molecule has 0 unspecified atom stereocenters. The molecule has 0 aliphatic rings. The van der Waals surface area contributed by atoms with Crippen LogP contribution in [-0.2, 0) is 0 Å². The van der Waals surface area contributed by atoms with Crippen molar-refractivity contribution in [1.82, 2.24) is 0 Å². The molecule has 0 saturated heterocycles. The Balaban J connectivity index is 3.81. The van der Waals surface area contributed by atoms with Crippen LogP contribution in [-0.4, -0.2) is 17.3 Å². The lowest BCUT2D eigenvalue weighted by atomic mass is 9.90. The van der Waals surface area contributed by atoms with Crippen LogP contribution in [0, 0.1) is 11.8 Å². The highest BCUT2D eigenvalue weighted by molar-refractivity contribution is 4.73. The summed E-state index contributed by atoms with van der Waals surface area (Å²) in [6.45, 7) is 7.92. The Bertz CT molecular complexity index is 79.3. The molecule has 10 heavy (non-hydrogen) atoms. The van der Waals surface area contributed by atoms with Crippen molar-refractivity contribution in [2.24, 2.45) is 17.6 Å². The second-order valence-electron chi connectivity index (χ2n) is 3.45. The Kier molecular flexibility index (Phi) is 3.91. The van der Waals surface area contributed by atoms with Gasteiger partial charge in [0.25, 0.3) is 0 Å². The van der Waals surface area contributed by atoms with Gasteiger partial charge in [-0.05, 0) is 18.8 Å². The minimum atomic E-state index is -0.264. The molecule has 62 valence electrons. The maximum absolute atomic E-state index is 9.49. The molecular weight excluding hydrogens is 126 g/mol. The summed E-state index contributed by atoms with van der Waals surface area (Å²) < 4.78 is 0. The van der Waals surface area contributed by atoms with E-state index in [9.17, 15) is 5.11 Å². The van der Waals surface area contributed by atoms with Gasteiger partial charge >= 0.3 is 0 Å². The highest BCUT2D eigenvalue weighted by Gasteiger charge is 2.20. The fourth-order valence-corrected chi connectivity index (χ4v) is 0.918. The van der Waals surface area contributed by atoms with E-state index in [0.717, 1.165) is 0 Å². The van der Waals surface area contributed by atoms with E-state index in [2.05, 4.69) is 0 Å². The molecule has 0 aliphatic heterocycles. The first-order valence-corrected chi connectivity index (χ1v) is 3.90. The summed E-state index contributed by atoms with van der Waals surface area (Å²) >= 11 is 0. The molecule has 0 aliphatic carbocycles. The Labute approximate surface area is 63.4 Å². The van der Waals surface area contributed by atoms with Crippen molar-refractivity contribution >= 4 is 0 Å². The molecule has 0 aromatic heterocycles. The minimum Gasteiger partial charge on any atom is -0.393 e. The third-order valence-corrected chi connectivity index (χ3v) is 2.05. The first-order valence-electron chi connectivity index (χ1n) is 3.90. The van der Waals surface area contributed by atoms with Crippen LogP contribution in [0.25, 0.3) is 0 Å². The largest absolute Gasteiger partial charge is 0.393 e. The van der Waals surface area contributed by atoms with E-state index in [4.69, 9.17) is 5.73 Å². The number of aliphatic hydroxyl groups is 1. The maximum Gasteiger partial charge on any atom is 0.0603 e. The predicted octanol–water partition coefficient (Wildman–Crippen LogP) is 0.987. The molecule has 0 saturated carbocycles. The van der Waals surface area contributed by atoms with Crippen LogP contribution < -0.4 is 5.73 Å². The Morgan fingerprint density at radius 1 is 1.10 bits per heavy atom. The molecular formula is C8H19NO. The molecule has 0 rings (SSSR count). The normalized spacial score (nSPS) is 20.7. The summed E-state index contributed by atoms with van der Waals surface area (Å²) in [5, 5.41) is 9.49. The third kappa shape index (κ3) is 2.67. The summed E-state index contributed by atoms with van der Waals surface area (Å²) in [5.41, 5.74) is 5.61. The zero-order chi connectivity index (χ0) is 8.31. The van der Waals surface area contributed by atoms with E-state index >= 15 is 0 Å². The predicted molar refractivity (Wildman–Crippen MR) is 43.7 cm³/mol. The molecule has 0 amide bonds. The fraction of sp³-hybridized carbons (Fsp3) is 1.00. The first kappa shape index (κ1) is 9.92. The average Bonchev–Trinajstić information content (AvgIpc) is 1.84. The molecule has 0 heterocycles. The van der Waals surface area contributed by atoms with Gasteiger partial charge in [-0.1, -0.05) is 20.8 Å². The van der Waals surface area contributed by atoms with E-state index in [1.54, 1.807) is 0 Å². The van der Waals surface area contributed by atoms with Crippen LogP contribution in [0.2, 0.25) is 0 Å². The van der Waals surface area contributed by atoms with Crippen molar-refractivity contribution < 1.29 is 5.11 Å². The van der Waals surface area contributed by atoms with Crippen LogP contribution in [0.15, 0.2) is 0 Å². The summed E-state index contributed by atoms with van der Waals surface area (Å²) in [6, 6.07) is 0.0809.